The van der Waals surface area contributed by atoms with Gasteiger partial charge in [-0.05, 0) is 31.4 Å². The SMILES string of the molecule is CN=C(NCCC1=CCOCC1)NCC1CCCS1. The second-order valence-corrected chi connectivity index (χ2v) is 6.36. The average molecular weight is 283 g/mol. The lowest BCUT2D eigenvalue weighted by molar-refractivity contribution is 0.153. The van der Waals surface area contributed by atoms with Gasteiger partial charge in [0.25, 0.3) is 0 Å². The molecular weight excluding hydrogens is 258 g/mol. The van der Waals surface area contributed by atoms with Crippen LogP contribution in [0.4, 0.5) is 0 Å². The van der Waals surface area contributed by atoms with E-state index in [-0.39, 0.29) is 0 Å². The molecule has 1 fully saturated rings. The van der Waals surface area contributed by atoms with Crippen molar-refractivity contribution in [3.63, 3.8) is 0 Å². The van der Waals surface area contributed by atoms with Crippen LogP contribution in [0.1, 0.15) is 25.7 Å². The maximum Gasteiger partial charge on any atom is 0.191 e. The van der Waals surface area contributed by atoms with Gasteiger partial charge in [0, 0.05) is 25.4 Å². The summed E-state index contributed by atoms with van der Waals surface area (Å²) in [7, 11) is 1.84. The molecule has 2 aliphatic heterocycles. The van der Waals surface area contributed by atoms with Crippen molar-refractivity contribution in [2.45, 2.75) is 30.9 Å². The van der Waals surface area contributed by atoms with E-state index >= 15 is 0 Å². The number of aliphatic imine (C=N–C) groups is 1. The molecule has 0 bridgehead atoms. The Morgan fingerprint density at radius 2 is 2.47 bits per heavy atom. The van der Waals surface area contributed by atoms with Crippen molar-refractivity contribution in [2.24, 2.45) is 4.99 Å². The van der Waals surface area contributed by atoms with Crippen LogP contribution in [0.15, 0.2) is 16.6 Å². The molecule has 108 valence electrons. The molecule has 0 aromatic heterocycles. The quantitative estimate of drug-likeness (QED) is 0.459. The number of nitrogens with one attached hydrogen (secondary N) is 2. The fourth-order valence-electron chi connectivity index (χ4n) is 2.37. The smallest absolute Gasteiger partial charge is 0.191 e. The summed E-state index contributed by atoms with van der Waals surface area (Å²) in [5, 5.41) is 7.57. The van der Waals surface area contributed by atoms with E-state index in [1.165, 1.54) is 24.2 Å². The van der Waals surface area contributed by atoms with E-state index in [4.69, 9.17) is 4.74 Å². The Bertz CT molecular complexity index is 325. The van der Waals surface area contributed by atoms with Crippen LogP contribution in [0.3, 0.4) is 0 Å². The van der Waals surface area contributed by atoms with Gasteiger partial charge in [-0.2, -0.15) is 11.8 Å². The Morgan fingerprint density at radius 3 is 3.16 bits per heavy atom. The molecule has 2 aliphatic rings. The van der Waals surface area contributed by atoms with Crippen LogP contribution in [0.25, 0.3) is 0 Å². The molecule has 0 aromatic rings. The maximum absolute atomic E-state index is 5.31. The van der Waals surface area contributed by atoms with Crippen LogP contribution in [0.2, 0.25) is 0 Å². The van der Waals surface area contributed by atoms with Crippen LogP contribution in [0.5, 0.6) is 0 Å². The zero-order valence-corrected chi connectivity index (χ0v) is 12.6. The molecule has 1 unspecified atom stereocenters. The van der Waals surface area contributed by atoms with E-state index in [2.05, 4.69) is 33.5 Å². The van der Waals surface area contributed by atoms with Crippen molar-refractivity contribution in [1.82, 2.24) is 10.6 Å². The molecule has 2 rings (SSSR count). The van der Waals surface area contributed by atoms with Gasteiger partial charge in [0.2, 0.25) is 0 Å². The summed E-state index contributed by atoms with van der Waals surface area (Å²) in [6.45, 7) is 3.63. The van der Waals surface area contributed by atoms with Crippen molar-refractivity contribution in [1.29, 1.82) is 0 Å². The van der Waals surface area contributed by atoms with E-state index in [0.29, 0.717) is 0 Å². The highest BCUT2D eigenvalue weighted by Crippen LogP contribution is 2.25. The third-order valence-corrected chi connectivity index (χ3v) is 4.94. The summed E-state index contributed by atoms with van der Waals surface area (Å²) in [5.74, 6) is 2.24. The highest BCUT2D eigenvalue weighted by molar-refractivity contribution is 8.00. The van der Waals surface area contributed by atoms with Crippen molar-refractivity contribution < 1.29 is 4.74 Å². The first-order valence-electron chi connectivity index (χ1n) is 7.20. The second kappa shape index (κ2) is 8.48. The molecule has 0 radical (unpaired) electrons. The lowest BCUT2D eigenvalue weighted by atomic mass is 10.1. The van der Waals surface area contributed by atoms with Gasteiger partial charge < -0.3 is 15.4 Å². The number of thioether (sulfide) groups is 1. The zero-order chi connectivity index (χ0) is 13.3. The van der Waals surface area contributed by atoms with Gasteiger partial charge in [-0.25, -0.2) is 0 Å². The first kappa shape index (κ1) is 14.7. The van der Waals surface area contributed by atoms with Gasteiger partial charge in [-0.1, -0.05) is 11.6 Å². The Hall–Kier alpha value is -0.680. The van der Waals surface area contributed by atoms with Crippen molar-refractivity contribution in [3.8, 4) is 0 Å². The van der Waals surface area contributed by atoms with Crippen molar-refractivity contribution >= 4 is 17.7 Å². The predicted octanol–water partition coefficient (Wildman–Crippen LogP) is 1.78. The number of hydrogen-bond donors (Lipinski definition) is 2. The molecule has 2 heterocycles. The van der Waals surface area contributed by atoms with E-state index in [1.807, 2.05) is 7.05 Å². The maximum atomic E-state index is 5.31. The molecule has 2 N–H and O–H groups in total. The third kappa shape index (κ3) is 5.45. The third-order valence-electron chi connectivity index (χ3n) is 3.54. The minimum absolute atomic E-state index is 0.761. The molecule has 1 saturated heterocycles. The Morgan fingerprint density at radius 1 is 1.53 bits per heavy atom. The van der Waals surface area contributed by atoms with E-state index in [1.54, 1.807) is 0 Å². The van der Waals surface area contributed by atoms with Crippen molar-refractivity contribution in [2.75, 3.05) is 39.1 Å². The minimum atomic E-state index is 0.761. The molecule has 0 aliphatic carbocycles. The van der Waals surface area contributed by atoms with Gasteiger partial charge in [0.1, 0.15) is 0 Å². The predicted molar refractivity (Wildman–Crippen MR) is 83.0 cm³/mol. The van der Waals surface area contributed by atoms with E-state index < -0.39 is 0 Å². The molecule has 19 heavy (non-hydrogen) atoms. The van der Waals surface area contributed by atoms with E-state index in [0.717, 1.165) is 50.4 Å². The normalized spacial score (nSPS) is 24.2. The first-order valence-corrected chi connectivity index (χ1v) is 8.25. The first-order chi connectivity index (χ1) is 9.38. The summed E-state index contributed by atoms with van der Waals surface area (Å²) in [5.41, 5.74) is 1.50. The zero-order valence-electron chi connectivity index (χ0n) is 11.8. The molecule has 5 heteroatoms. The number of nitrogens with zero attached hydrogens (tertiary/aromatic N) is 1. The summed E-state index contributed by atoms with van der Waals surface area (Å²) < 4.78 is 5.31. The van der Waals surface area contributed by atoms with Crippen LogP contribution < -0.4 is 10.6 Å². The monoisotopic (exact) mass is 283 g/mol. The fraction of sp³-hybridized carbons (Fsp3) is 0.786. The number of hydrogen-bond acceptors (Lipinski definition) is 3. The number of guanidine groups is 1. The Kier molecular flexibility index (Phi) is 6.57. The van der Waals surface area contributed by atoms with Gasteiger partial charge >= 0.3 is 0 Å². The van der Waals surface area contributed by atoms with E-state index in [9.17, 15) is 0 Å². The lowest BCUT2D eigenvalue weighted by Gasteiger charge is -2.16. The average Bonchev–Trinajstić information content (AvgIpc) is 2.97. The van der Waals surface area contributed by atoms with Crippen LogP contribution in [-0.2, 0) is 4.74 Å². The Labute approximate surface area is 120 Å². The molecule has 1 atom stereocenters. The summed E-state index contributed by atoms with van der Waals surface area (Å²) in [6.07, 6.45) is 7.06. The minimum Gasteiger partial charge on any atom is -0.377 e. The van der Waals surface area contributed by atoms with Crippen LogP contribution >= 0.6 is 11.8 Å². The number of ether oxygens (including phenoxy) is 1. The molecular formula is C14H25N3OS. The Balaban J connectivity index is 1.60. The summed E-state index contributed by atoms with van der Waals surface area (Å²) >= 11 is 2.07. The summed E-state index contributed by atoms with van der Waals surface area (Å²) in [4.78, 5) is 4.27. The highest BCUT2D eigenvalue weighted by Gasteiger charge is 2.15. The fourth-order valence-corrected chi connectivity index (χ4v) is 3.57. The topological polar surface area (TPSA) is 45.7 Å². The van der Waals surface area contributed by atoms with Gasteiger partial charge in [0.15, 0.2) is 5.96 Å². The van der Waals surface area contributed by atoms with Gasteiger partial charge in [-0.15, -0.1) is 0 Å². The molecule has 4 nitrogen and oxygen atoms in total. The second-order valence-electron chi connectivity index (χ2n) is 4.95. The van der Waals surface area contributed by atoms with Crippen molar-refractivity contribution in [3.05, 3.63) is 11.6 Å². The van der Waals surface area contributed by atoms with Gasteiger partial charge in [0.05, 0.1) is 13.2 Å². The number of rotatable bonds is 5. The molecule has 0 aromatic carbocycles. The van der Waals surface area contributed by atoms with Gasteiger partial charge in [-0.3, -0.25) is 4.99 Å². The highest BCUT2D eigenvalue weighted by atomic mass is 32.2. The lowest BCUT2D eigenvalue weighted by Crippen LogP contribution is -2.40. The standard InChI is InChI=1S/C14H25N3OS/c1-15-14(17-11-13-3-2-10-19-13)16-7-4-12-5-8-18-9-6-12/h5,13H,2-4,6-11H2,1H3,(H2,15,16,17). The molecule has 0 spiro atoms. The van der Waals surface area contributed by atoms with Crippen LogP contribution in [0, 0.1) is 0 Å². The molecule has 0 amide bonds. The summed E-state index contributed by atoms with van der Waals surface area (Å²) in [6, 6.07) is 0. The largest absolute Gasteiger partial charge is 0.377 e. The van der Waals surface area contributed by atoms with Crippen LogP contribution in [-0.4, -0.2) is 50.3 Å². The molecule has 0 saturated carbocycles.